The van der Waals surface area contributed by atoms with Crippen molar-refractivity contribution in [2.45, 2.75) is 26.3 Å². The summed E-state index contributed by atoms with van der Waals surface area (Å²) in [5, 5.41) is 4.75. The lowest BCUT2D eigenvalue weighted by atomic mass is 10.1. The lowest BCUT2D eigenvalue weighted by Gasteiger charge is -2.14. The molecule has 0 spiro atoms. The Morgan fingerprint density at radius 2 is 2.17 bits per heavy atom. The Hall–Kier alpha value is -0.930. The molecule has 0 amide bonds. The van der Waals surface area contributed by atoms with Gasteiger partial charge in [-0.1, -0.05) is 18.6 Å². The molecule has 0 aliphatic heterocycles. The van der Waals surface area contributed by atoms with E-state index in [0.717, 1.165) is 30.1 Å². The third-order valence-electron chi connectivity index (χ3n) is 3.01. The third-order valence-corrected chi connectivity index (χ3v) is 3.68. The Morgan fingerprint density at radius 3 is 2.89 bits per heavy atom. The highest BCUT2D eigenvalue weighted by atomic mass is 32.2. The average Bonchev–Trinajstić information content (AvgIpc) is 2.77. The average molecular weight is 263 g/mol. The molecular formula is C15H21NOS. The van der Waals surface area contributed by atoms with E-state index in [9.17, 15) is 0 Å². The minimum absolute atomic E-state index is 0.313. The summed E-state index contributed by atoms with van der Waals surface area (Å²) in [5.74, 6) is 2.09. The quantitative estimate of drug-likeness (QED) is 0.847. The molecule has 1 aromatic carbocycles. The van der Waals surface area contributed by atoms with Crippen LogP contribution in [0.3, 0.4) is 0 Å². The van der Waals surface area contributed by atoms with Crippen LogP contribution in [0.1, 0.15) is 30.7 Å². The van der Waals surface area contributed by atoms with Gasteiger partial charge in [0.25, 0.3) is 0 Å². The van der Waals surface area contributed by atoms with Gasteiger partial charge in [-0.15, -0.1) is 0 Å². The molecule has 18 heavy (non-hydrogen) atoms. The summed E-state index contributed by atoms with van der Waals surface area (Å²) < 4.78 is 5.96. The number of nitrogens with one attached hydrogen (secondary N) is 1. The molecule has 2 rings (SSSR count). The normalized spacial score (nSPS) is 13.1. The lowest BCUT2D eigenvalue weighted by molar-refractivity contribution is 0.456. The van der Waals surface area contributed by atoms with E-state index in [2.05, 4.69) is 49.7 Å². The molecule has 1 N–H and O–H groups in total. The van der Waals surface area contributed by atoms with Crippen molar-refractivity contribution in [2.24, 2.45) is 0 Å². The number of benzene rings is 1. The highest BCUT2D eigenvalue weighted by molar-refractivity contribution is 7.98. The van der Waals surface area contributed by atoms with Crippen LogP contribution < -0.4 is 5.32 Å². The molecule has 0 saturated carbocycles. The van der Waals surface area contributed by atoms with Crippen LogP contribution in [0.5, 0.6) is 0 Å². The minimum Gasteiger partial charge on any atom is -0.459 e. The van der Waals surface area contributed by atoms with Gasteiger partial charge in [-0.2, -0.15) is 11.8 Å². The first-order valence-corrected chi connectivity index (χ1v) is 7.86. The van der Waals surface area contributed by atoms with Gasteiger partial charge < -0.3 is 9.73 Å². The second-order valence-electron chi connectivity index (χ2n) is 4.65. The van der Waals surface area contributed by atoms with Crippen molar-refractivity contribution >= 4 is 22.7 Å². The molecule has 1 aromatic heterocycles. The summed E-state index contributed by atoms with van der Waals surface area (Å²) in [5.41, 5.74) is 2.26. The molecule has 0 aliphatic carbocycles. The van der Waals surface area contributed by atoms with E-state index in [-0.39, 0.29) is 0 Å². The predicted octanol–water partition coefficient (Wildman–Crippen LogP) is 4.14. The van der Waals surface area contributed by atoms with Crippen molar-refractivity contribution in [2.75, 3.05) is 18.6 Å². The van der Waals surface area contributed by atoms with Gasteiger partial charge in [-0.05, 0) is 44.3 Å². The van der Waals surface area contributed by atoms with E-state index < -0.39 is 0 Å². The fourth-order valence-corrected chi connectivity index (χ4v) is 2.70. The fourth-order valence-electron chi connectivity index (χ4n) is 2.08. The van der Waals surface area contributed by atoms with E-state index in [1.807, 2.05) is 11.8 Å². The van der Waals surface area contributed by atoms with Crippen LogP contribution in [-0.2, 0) is 0 Å². The van der Waals surface area contributed by atoms with E-state index in [4.69, 9.17) is 4.42 Å². The molecule has 2 nitrogen and oxygen atoms in total. The van der Waals surface area contributed by atoms with Gasteiger partial charge in [-0.25, -0.2) is 0 Å². The zero-order chi connectivity index (χ0) is 13.0. The van der Waals surface area contributed by atoms with Gasteiger partial charge in [0.15, 0.2) is 0 Å². The summed E-state index contributed by atoms with van der Waals surface area (Å²) in [6, 6.07) is 8.82. The molecule has 0 aliphatic rings. The van der Waals surface area contributed by atoms with Gasteiger partial charge in [0, 0.05) is 11.1 Å². The molecule has 0 saturated heterocycles. The molecule has 0 bridgehead atoms. The van der Waals surface area contributed by atoms with Gasteiger partial charge in [-0.3, -0.25) is 0 Å². The van der Waals surface area contributed by atoms with E-state index in [0.29, 0.717) is 6.04 Å². The zero-order valence-corrected chi connectivity index (χ0v) is 12.1. The lowest BCUT2D eigenvalue weighted by Crippen LogP contribution is -2.23. The first-order chi connectivity index (χ1) is 8.74. The van der Waals surface area contributed by atoms with Gasteiger partial charge in [0.2, 0.25) is 0 Å². The number of hydrogen-bond acceptors (Lipinski definition) is 3. The van der Waals surface area contributed by atoms with Crippen LogP contribution in [0.4, 0.5) is 0 Å². The molecule has 98 valence electrons. The number of thioether (sulfide) groups is 1. The van der Waals surface area contributed by atoms with Crippen LogP contribution in [0.15, 0.2) is 28.7 Å². The molecule has 1 atom stereocenters. The fraction of sp³-hybridized carbons (Fsp3) is 0.467. The molecular weight excluding hydrogens is 242 g/mol. The first-order valence-electron chi connectivity index (χ1n) is 6.47. The third kappa shape index (κ3) is 3.09. The maximum Gasteiger partial charge on any atom is 0.134 e. The second kappa shape index (κ2) is 6.30. The monoisotopic (exact) mass is 263 g/mol. The molecule has 0 radical (unpaired) electrons. The maximum absolute atomic E-state index is 5.96. The number of aryl methyl sites for hydroxylation is 1. The smallest absolute Gasteiger partial charge is 0.134 e. The molecule has 0 fully saturated rings. The molecule has 1 unspecified atom stereocenters. The van der Waals surface area contributed by atoms with Gasteiger partial charge in [0.1, 0.15) is 11.3 Å². The van der Waals surface area contributed by atoms with Crippen LogP contribution in [0, 0.1) is 6.92 Å². The van der Waals surface area contributed by atoms with Crippen LogP contribution in [0.25, 0.3) is 11.0 Å². The van der Waals surface area contributed by atoms with Crippen molar-refractivity contribution in [3.63, 3.8) is 0 Å². The van der Waals surface area contributed by atoms with Gasteiger partial charge >= 0.3 is 0 Å². The summed E-state index contributed by atoms with van der Waals surface area (Å²) in [6.45, 7) is 5.33. The summed E-state index contributed by atoms with van der Waals surface area (Å²) in [7, 11) is 0. The van der Waals surface area contributed by atoms with E-state index in [1.54, 1.807) is 0 Å². The predicted molar refractivity (Wildman–Crippen MR) is 80.4 cm³/mol. The van der Waals surface area contributed by atoms with E-state index in [1.165, 1.54) is 10.9 Å². The Bertz CT molecular complexity index is 506. The van der Waals surface area contributed by atoms with Crippen LogP contribution in [0.2, 0.25) is 0 Å². The van der Waals surface area contributed by atoms with Crippen molar-refractivity contribution in [3.05, 3.63) is 35.6 Å². The second-order valence-corrected chi connectivity index (χ2v) is 5.56. The highest BCUT2D eigenvalue weighted by Crippen LogP contribution is 2.26. The first kappa shape index (κ1) is 13.5. The van der Waals surface area contributed by atoms with Crippen LogP contribution >= 0.6 is 11.8 Å². The standard InChI is InChI=1S/C15H21NOS/c1-4-7-16-13(10-18-3)15-9-12-8-11(2)5-6-14(12)17-15/h5-6,8-9,13,16H,4,7,10H2,1-3H3. The largest absolute Gasteiger partial charge is 0.459 e. The molecule has 1 heterocycles. The number of hydrogen-bond donors (Lipinski definition) is 1. The van der Waals surface area contributed by atoms with Crippen molar-refractivity contribution < 1.29 is 4.42 Å². The molecule has 2 aromatic rings. The molecule has 3 heteroatoms. The number of furan rings is 1. The van der Waals surface area contributed by atoms with Crippen molar-refractivity contribution in [1.82, 2.24) is 5.32 Å². The Balaban J connectivity index is 2.26. The van der Waals surface area contributed by atoms with Crippen molar-refractivity contribution in [1.29, 1.82) is 0 Å². The Morgan fingerprint density at radius 1 is 1.33 bits per heavy atom. The topological polar surface area (TPSA) is 25.2 Å². The Kier molecular flexibility index (Phi) is 4.72. The summed E-state index contributed by atoms with van der Waals surface area (Å²) in [4.78, 5) is 0. The van der Waals surface area contributed by atoms with Crippen LogP contribution in [-0.4, -0.2) is 18.6 Å². The summed E-state index contributed by atoms with van der Waals surface area (Å²) in [6.07, 6.45) is 3.28. The van der Waals surface area contributed by atoms with Gasteiger partial charge in [0.05, 0.1) is 6.04 Å². The van der Waals surface area contributed by atoms with E-state index >= 15 is 0 Å². The zero-order valence-electron chi connectivity index (χ0n) is 11.3. The SMILES string of the molecule is CCCNC(CSC)c1cc2cc(C)ccc2o1. The Labute approximate surface area is 113 Å². The number of rotatable bonds is 6. The number of fused-ring (bicyclic) bond motifs is 1. The highest BCUT2D eigenvalue weighted by Gasteiger charge is 2.15. The summed E-state index contributed by atoms with van der Waals surface area (Å²) >= 11 is 1.85. The maximum atomic E-state index is 5.96. The van der Waals surface area contributed by atoms with Crippen molar-refractivity contribution in [3.8, 4) is 0 Å². The minimum atomic E-state index is 0.313.